The minimum absolute atomic E-state index is 0.0659. The van der Waals surface area contributed by atoms with Gasteiger partial charge in [0.1, 0.15) is 5.75 Å². The maximum absolute atomic E-state index is 12.1. The maximum Gasteiger partial charge on any atom is 0.260 e. The summed E-state index contributed by atoms with van der Waals surface area (Å²) in [5.74, 6) is 0.821. The Morgan fingerprint density at radius 2 is 2.21 bits per heavy atom. The minimum Gasteiger partial charge on any atom is -0.483 e. The first kappa shape index (κ1) is 13.9. The number of hydrogen-bond acceptors (Lipinski definition) is 3. The highest BCUT2D eigenvalue weighted by Crippen LogP contribution is 2.27. The van der Waals surface area contributed by atoms with Crippen LogP contribution in [0.25, 0.3) is 0 Å². The van der Waals surface area contributed by atoms with Crippen molar-refractivity contribution in [3.63, 3.8) is 0 Å². The Morgan fingerprint density at radius 3 is 2.79 bits per heavy atom. The normalized spacial score (nSPS) is 14.3. The number of para-hydroxylation sites is 1. The molecule has 0 atom stereocenters. The van der Waals surface area contributed by atoms with Crippen molar-refractivity contribution in [2.45, 2.75) is 39.3 Å². The van der Waals surface area contributed by atoms with Gasteiger partial charge >= 0.3 is 0 Å². The third-order valence-electron chi connectivity index (χ3n) is 3.50. The molecule has 4 nitrogen and oxygen atoms in total. The molecule has 4 heteroatoms. The minimum atomic E-state index is 0.0659. The van der Waals surface area contributed by atoms with Crippen LogP contribution in [0.5, 0.6) is 5.75 Å². The summed E-state index contributed by atoms with van der Waals surface area (Å²) in [5, 5.41) is 0. The van der Waals surface area contributed by atoms with Crippen LogP contribution in [0, 0.1) is 6.92 Å². The lowest BCUT2D eigenvalue weighted by Crippen LogP contribution is -2.36. The summed E-state index contributed by atoms with van der Waals surface area (Å²) in [5.41, 5.74) is 7.66. The number of ether oxygens (including phenoxy) is 1. The van der Waals surface area contributed by atoms with Crippen LogP contribution < -0.4 is 10.5 Å². The second kappa shape index (κ2) is 6.06. The maximum atomic E-state index is 12.1. The van der Waals surface area contributed by atoms with Crippen molar-refractivity contribution in [3.8, 4) is 5.75 Å². The van der Waals surface area contributed by atoms with Gasteiger partial charge in [0.25, 0.3) is 5.91 Å². The Morgan fingerprint density at radius 1 is 1.47 bits per heavy atom. The summed E-state index contributed by atoms with van der Waals surface area (Å²) in [6, 6.07) is 6.30. The van der Waals surface area contributed by atoms with Crippen molar-refractivity contribution >= 4 is 5.91 Å². The summed E-state index contributed by atoms with van der Waals surface area (Å²) in [6.07, 6.45) is 2.25. The van der Waals surface area contributed by atoms with E-state index in [2.05, 4.69) is 0 Å². The molecule has 0 spiro atoms. The van der Waals surface area contributed by atoms with E-state index in [1.807, 2.05) is 36.9 Å². The van der Waals surface area contributed by atoms with Gasteiger partial charge in [-0.1, -0.05) is 18.2 Å². The van der Waals surface area contributed by atoms with Crippen LogP contribution in [0.1, 0.15) is 30.9 Å². The van der Waals surface area contributed by atoms with Gasteiger partial charge in [0.15, 0.2) is 6.61 Å². The molecule has 19 heavy (non-hydrogen) atoms. The first-order chi connectivity index (χ1) is 9.17. The van der Waals surface area contributed by atoms with Crippen molar-refractivity contribution < 1.29 is 9.53 Å². The molecular formula is C15H22N2O2. The summed E-state index contributed by atoms with van der Waals surface area (Å²) in [4.78, 5) is 14.0. The molecule has 0 bridgehead atoms. The number of aryl methyl sites for hydroxylation is 1. The Labute approximate surface area is 114 Å². The molecule has 2 N–H and O–H groups in total. The van der Waals surface area contributed by atoms with E-state index in [1.165, 1.54) is 0 Å². The van der Waals surface area contributed by atoms with Crippen LogP contribution >= 0.6 is 0 Å². The van der Waals surface area contributed by atoms with Crippen LogP contribution in [0.3, 0.4) is 0 Å². The van der Waals surface area contributed by atoms with Crippen molar-refractivity contribution in [2.75, 3.05) is 13.2 Å². The standard InChI is InChI=1S/C15H22N2O2/c1-3-17(13-7-8-13)14(18)10-19-15-11(2)5-4-6-12(15)9-16/h4-6,13H,3,7-10,16H2,1-2H3. The number of carbonyl (C=O) groups excluding carboxylic acids is 1. The molecule has 1 amide bonds. The number of hydrogen-bond donors (Lipinski definition) is 1. The van der Waals surface area contributed by atoms with Crippen molar-refractivity contribution in [1.29, 1.82) is 0 Å². The molecule has 0 heterocycles. The van der Waals surface area contributed by atoms with Crippen LogP contribution in [0.2, 0.25) is 0 Å². The molecule has 1 saturated carbocycles. The third kappa shape index (κ3) is 3.26. The van der Waals surface area contributed by atoms with Gasteiger partial charge in [-0.05, 0) is 32.3 Å². The fourth-order valence-corrected chi connectivity index (χ4v) is 2.32. The lowest BCUT2D eigenvalue weighted by molar-refractivity contribution is -0.133. The molecule has 1 aliphatic rings. The SMILES string of the molecule is CCN(C(=O)COc1c(C)cccc1CN)C1CC1. The van der Waals surface area contributed by atoms with E-state index in [-0.39, 0.29) is 12.5 Å². The molecule has 0 aliphatic heterocycles. The van der Waals surface area contributed by atoms with Crippen LogP contribution in [-0.4, -0.2) is 30.0 Å². The predicted molar refractivity (Wildman–Crippen MR) is 75.0 cm³/mol. The number of nitrogens with zero attached hydrogens (tertiary/aromatic N) is 1. The van der Waals surface area contributed by atoms with E-state index < -0.39 is 0 Å². The zero-order valence-corrected chi connectivity index (χ0v) is 11.7. The van der Waals surface area contributed by atoms with Gasteiger partial charge < -0.3 is 15.4 Å². The molecule has 1 aliphatic carbocycles. The first-order valence-electron chi connectivity index (χ1n) is 6.88. The van der Waals surface area contributed by atoms with Gasteiger partial charge in [-0.25, -0.2) is 0 Å². The van der Waals surface area contributed by atoms with Crippen LogP contribution in [0.4, 0.5) is 0 Å². The largest absolute Gasteiger partial charge is 0.483 e. The highest BCUT2D eigenvalue weighted by atomic mass is 16.5. The number of benzene rings is 1. The predicted octanol–water partition coefficient (Wildman–Crippen LogP) is 1.84. The van der Waals surface area contributed by atoms with E-state index in [4.69, 9.17) is 10.5 Å². The number of nitrogens with two attached hydrogens (primary N) is 1. The van der Waals surface area contributed by atoms with E-state index in [9.17, 15) is 4.79 Å². The Hall–Kier alpha value is -1.55. The molecule has 1 aromatic rings. The summed E-state index contributed by atoms with van der Waals surface area (Å²) in [6.45, 7) is 5.25. The van der Waals surface area contributed by atoms with E-state index in [0.29, 0.717) is 12.6 Å². The van der Waals surface area contributed by atoms with E-state index in [1.54, 1.807) is 0 Å². The van der Waals surface area contributed by atoms with Gasteiger partial charge in [-0.15, -0.1) is 0 Å². The Bertz CT molecular complexity index is 455. The second-order valence-corrected chi connectivity index (χ2v) is 4.97. The molecule has 2 rings (SSSR count). The summed E-state index contributed by atoms with van der Waals surface area (Å²) in [7, 11) is 0. The zero-order chi connectivity index (χ0) is 13.8. The number of likely N-dealkylation sites (N-methyl/N-ethyl adjacent to an activating group) is 1. The lowest BCUT2D eigenvalue weighted by atomic mass is 10.1. The molecule has 1 aromatic carbocycles. The molecule has 0 radical (unpaired) electrons. The smallest absolute Gasteiger partial charge is 0.260 e. The van der Waals surface area contributed by atoms with E-state index >= 15 is 0 Å². The van der Waals surface area contributed by atoms with Crippen LogP contribution in [-0.2, 0) is 11.3 Å². The van der Waals surface area contributed by atoms with E-state index in [0.717, 1.165) is 36.3 Å². The van der Waals surface area contributed by atoms with Crippen molar-refractivity contribution in [3.05, 3.63) is 29.3 Å². The van der Waals surface area contributed by atoms with Crippen molar-refractivity contribution in [1.82, 2.24) is 4.90 Å². The number of amides is 1. The molecule has 0 unspecified atom stereocenters. The first-order valence-corrected chi connectivity index (χ1v) is 6.88. The topological polar surface area (TPSA) is 55.6 Å². The quantitative estimate of drug-likeness (QED) is 0.851. The monoisotopic (exact) mass is 262 g/mol. The highest BCUT2D eigenvalue weighted by Gasteiger charge is 2.31. The fraction of sp³-hybridized carbons (Fsp3) is 0.533. The molecule has 104 valence electrons. The Balaban J connectivity index is 2.00. The molecular weight excluding hydrogens is 240 g/mol. The third-order valence-corrected chi connectivity index (χ3v) is 3.50. The van der Waals surface area contributed by atoms with Crippen molar-refractivity contribution in [2.24, 2.45) is 5.73 Å². The Kier molecular flexibility index (Phi) is 4.43. The van der Waals surface area contributed by atoms with Gasteiger partial charge in [0.2, 0.25) is 0 Å². The van der Waals surface area contributed by atoms with Gasteiger partial charge in [-0.2, -0.15) is 0 Å². The number of carbonyl (C=O) groups is 1. The van der Waals surface area contributed by atoms with Gasteiger partial charge in [0.05, 0.1) is 0 Å². The second-order valence-electron chi connectivity index (χ2n) is 4.97. The van der Waals surface area contributed by atoms with Gasteiger partial charge in [-0.3, -0.25) is 4.79 Å². The highest BCUT2D eigenvalue weighted by molar-refractivity contribution is 5.78. The lowest BCUT2D eigenvalue weighted by Gasteiger charge is -2.21. The average Bonchev–Trinajstić information content (AvgIpc) is 3.22. The molecule has 1 fully saturated rings. The zero-order valence-electron chi connectivity index (χ0n) is 11.7. The molecule has 0 aromatic heterocycles. The number of rotatable bonds is 6. The average molecular weight is 262 g/mol. The molecule has 0 saturated heterocycles. The summed E-state index contributed by atoms with van der Waals surface area (Å²) >= 11 is 0. The fourth-order valence-electron chi connectivity index (χ4n) is 2.32. The van der Waals surface area contributed by atoms with Gasteiger partial charge in [0, 0.05) is 24.7 Å². The van der Waals surface area contributed by atoms with Crippen LogP contribution in [0.15, 0.2) is 18.2 Å². The summed E-state index contributed by atoms with van der Waals surface area (Å²) < 4.78 is 5.71.